The Morgan fingerprint density at radius 1 is 0.870 bits per heavy atom. The Kier molecular flexibility index (Phi) is 3.26. The molecule has 0 fully saturated rings. The predicted octanol–water partition coefficient (Wildman–Crippen LogP) is 2.81. The van der Waals surface area contributed by atoms with Crippen LogP contribution in [-0.2, 0) is 0 Å². The summed E-state index contributed by atoms with van der Waals surface area (Å²) < 4.78 is 0. The fraction of sp³-hybridized carbons (Fsp3) is 0. The Morgan fingerprint density at radius 2 is 1.65 bits per heavy atom. The smallest absolute Gasteiger partial charge is 0.178 e. The number of aromatic nitrogens is 5. The molecule has 5 nitrogen and oxygen atoms in total. The molecule has 0 amide bonds. The summed E-state index contributed by atoms with van der Waals surface area (Å²) in [5.41, 5.74) is 4.36. The first kappa shape index (κ1) is 13.2. The van der Waals surface area contributed by atoms with Crippen molar-refractivity contribution in [3.8, 4) is 23.2 Å². The highest BCUT2D eigenvalue weighted by molar-refractivity contribution is 5.75. The van der Waals surface area contributed by atoms with Gasteiger partial charge in [-0.15, -0.1) is 0 Å². The van der Waals surface area contributed by atoms with Crippen molar-refractivity contribution < 1.29 is 0 Å². The number of rotatable bonds is 1. The van der Waals surface area contributed by atoms with E-state index in [2.05, 4.69) is 36.8 Å². The molecule has 0 aliphatic heterocycles. The van der Waals surface area contributed by atoms with Crippen molar-refractivity contribution in [2.24, 2.45) is 0 Å². The first-order chi connectivity index (χ1) is 11.4. The highest BCUT2D eigenvalue weighted by Gasteiger charge is 2.05. The SMILES string of the molecule is C(#Cc1cncnc1)c1ccc(-c2nc3ncccc3[nH]2)cc1. The molecule has 1 N–H and O–H groups in total. The Labute approximate surface area is 132 Å². The highest BCUT2D eigenvalue weighted by Crippen LogP contribution is 2.19. The summed E-state index contributed by atoms with van der Waals surface area (Å²) >= 11 is 0. The van der Waals surface area contributed by atoms with Gasteiger partial charge in [-0.25, -0.2) is 19.9 Å². The van der Waals surface area contributed by atoms with E-state index in [0.717, 1.165) is 33.7 Å². The summed E-state index contributed by atoms with van der Waals surface area (Å²) in [4.78, 5) is 19.9. The van der Waals surface area contributed by atoms with Crippen molar-refractivity contribution in [2.45, 2.75) is 0 Å². The van der Waals surface area contributed by atoms with Gasteiger partial charge in [0.1, 0.15) is 12.2 Å². The van der Waals surface area contributed by atoms with Crippen LogP contribution in [0.25, 0.3) is 22.6 Å². The lowest BCUT2D eigenvalue weighted by atomic mass is 10.1. The maximum Gasteiger partial charge on any atom is 0.178 e. The zero-order valence-corrected chi connectivity index (χ0v) is 12.1. The number of imidazole rings is 1. The Hall–Kier alpha value is -3.52. The Balaban J connectivity index is 1.62. The normalized spacial score (nSPS) is 10.3. The third-order valence-electron chi connectivity index (χ3n) is 3.33. The van der Waals surface area contributed by atoms with E-state index in [-0.39, 0.29) is 0 Å². The number of H-pyrrole nitrogens is 1. The standard InChI is InChI=1S/C18H11N5/c1-2-16-18(21-9-1)23-17(22-16)15-7-5-13(6-8-15)3-4-14-10-19-12-20-11-14/h1-2,5-12H,(H,21,22,23). The highest BCUT2D eigenvalue weighted by atomic mass is 15.0. The van der Waals surface area contributed by atoms with Crippen LogP contribution in [0.4, 0.5) is 0 Å². The van der Waals surface area contributed by atoms with Gasteiger partial charge in [0.2, 0.25) is 0 Å². The summed E-state index contributed by atoms with van der Waals surface area (Å²) in [6, 6.07) is 11.8. The molecule has 3 aromatic heterocycles. The van der Waals surface area contributed by atoms with Crippen molar-refractivity contribution >= 4 is 11.2 Å². The molecule has 3 heterocycles. The predicted molar refractivity (Wildman–Crippen MR) is 87.3 cm³/mol. The molecule has 0 saturated heterocycles. The third kappa shape index (κ3) is 2.78. The average Bonchev–Trinajstić information content (AvgIpc) is 3.05. The summed E-state index contributed by atoms with van der Waals surface area (Å²) in [6.45, 7) is 0. The second-order valence-electron chi connectivity index (χ2n) is 4.91. The van der Waals surface area contributed by atoms with Crippen molar-refractivity contribution in [1.29, 1.82) is 0 Å². The van der Waals surface area contributed by atoms with Gasteiger partial charge in [-0.3, -0.25) is 0 Å². The molecule has 0 bridgehead atoms. The summed E-state index contributed by atoms with van der Waals surface area (Å²) in [5.74, 6) is 6.93. The van der Waals surface area contributed by atoms with Gasteiger partial charge in [0.15, 0.2) is 5.65 Å². The van der Waals surface area contributed by atoms with Crippen LogP contribution in [0.3, 0.4) is 0 Å². The second kappa shape index (κ2) is 5.70. The molecule has 0 radical (unpaired) electrons. The van der Waals surface area contributed by atoms with E-state index in [9.17, 15) is 0 Å². The first-order valence-electron chi connectivity index (χ1n) is 7.07. The summed E-state index contributed by atoms with van der Waals surface area (Å²) in [5, 5.41) is 0. The first-order valence-corrected chi connectivity index (χ1v) is 7.07. The van der Waals surface area contributed by atoms with Crippen LogP contribution in [0.2, 0.25) is 0 Å². The number of fused-ring (bicyclic) bond motifs is 1. The Bertz CT molecular complexity index is 975. The van der Waals surface area contributed by atoms with Gasteiger partial charge in [0.05, 0.1) is 11.1 Å². The van der Waals surface area contributed by atoms with Gasteiger partial charge in [0, 0.05) is 29.7 Å². The summed E-state index contributed by atoms with van der Waals surface area (Å²) in [7, 11) is 0. The van der Waals surface area contributed by atoms with Crippen LogP contribution in [0.1, 0.15) is 11.1 Å². The van der Waals surface area contributed by atoms with Crippen LogP contribution >= 0.6 is 0 Å². The van der Waals surface area contributed by atoms with Gasteiger partial charge in [-0.1, -0.05) is 24.0 Å². The lowest BCUT2D eigenvalue weighted by molar-refractivity contribution is 1.16. The topological polar surface area (TPSA) is 67.3 Å². The number of nitrogens with one attached hydrogen (secondary N) is 1. The van der Waals surface area contributed by atoms with E-state index in [0.29, 0.717) is 0 Å². The van der Waals surface area contributed by atoms with Crippen LogP contribution in [0.5, 0.6) is 0 Å². The van der Waals surface area contributed by atoms with Crippen LogP contribution in [-0.4, -0.2) is 24.9 Å². The molecular formula is C18H11N5. The van der Waals surface area contributed by atoms with E-state index in [1.807, 2.05) is 36.4 Å². The monoisotopic (exact) mass is 297 g/mol. The minimum absolute atomic E-state index is 0.718. The molecule has 108 valence electrons. The maximum absolute atomic E-state index is 4.49. The van der Waals surface area contributed by atoms with Crippen molar-refractivity contribution in [1.82, 2.24) is 24.9 Å². The number of hydrogen-bond acceptors (Lipinski definition) is 4. The number of nitrogens with zero attached hydrogens (tertiary/aromatic N) is 4. The average molecular weight is 297 g/mol. The number of hydrogen-bond donors (Lipinski definition) is 1. The summed E-state index contributed by atoms with van der Waals surface area (Å²) in [6.07, 6.45) is 6.60. The van der Waals surface area contributed by atoms with Gasteiger partial charge in [-0.2, -0.15) is 0 Å². The quantitative estimate of drug-likeness (QED) is 0.549. The van der Waals surface area contributed by atoms with Gasteiger partial charge in [0.25, 0.3) is 0 Å². The molecule has 4 aromatic rings. The Morgan fingerprint density at radius 3 is 2.43 bits per heavy atom. The van der Waals surface area contributed by atoms with E-state index >= 15 is 0 Å². The number of pyridine rings is 1. The molecule has 4 rings (SSSR count). The lowest BCUT2D eigenvalue weighted by Crippen LogP contribution is -1.82. The molecule has 0 aliphatic rings. The van der Waals surface area contributed by atoms with E-state index < -0.39 is 0 Å². The number of aromatic amines is 1. The molecule has 1 aromatic carbocycles. The van der Waals surface area contributed by atoms with E-state index in [1.165, 1.54) is 6.33 Å². The van der Waals surface area contributed by atoms with Crippen LogP contribution in [0.15, 0.2) is 61.3 Å². The van der Waals surface area contributed by atoms with E-state index in [4.69, 9.17) is 0 Å². The number of benzene rings is 1. The zero-order chi connectivity index (χ0) is 15.5. The van der Waals surface area contributed by atoms with E-state index in [1.54, 1.807) is 18.6 Å². The molecule has 0 unspecified atom stereocenters. The van der Waals surface area contributed by atoms with Crippen LogP contribution in [0, 0.1) is 11.8 Å². The van der Waals surface area contributed by atoms with Crippen molar-refractivity contribution in [3.63, 3.8) is 0 Å². The molecule has 23 heavy (non-hydrogen) atoms. The second-order valence-corrected chi connectivity index (χ2v) is 4.91. The zero-order valence-electron chi connectivity index (χ0n) is 12.1. The molecular weight excluding hydrogens is 286 g/mol. The molecule has 0 aliphatic carbocycles. The largest absolute Gasteiger partial charge is 0.337 e. The lowest BCUT2D eigenvalue weighted by Gasteiger charge is -1.96. The minimum Gasteiger partial charge on any atom is -0.337 e. The maximum atomic E-state index is 4.49. The van der Waals surface area contributed by atoms with Crippen LogP contribution < -0.4 is 0 Å². The third-order valence-corrected chi connectivity index (χ3v) is 3.33. The minimum atomic E-state index is 0.718. The molecule has 0 atom stereocenters. The van der Waals surface area contributed by atoms with Gasteiger partial charge >= 0.3 is 0 Å². The van der Waals surface area contributed by atoms with Gasteiger partial charge in [-0.05, 0) is 24.3 Å². The molecule has 5 heteroatoms. The van der Waals surface area contributed by atoms with Crippen molar-refractivity contribution in [3.05, 3.63) is 72.4 Å². The fourth-order valence-electron chi connectivity index (χ4n) is 2.20. The molecule has 0 spiro atoms. The molecule has 0 saturated carbocycles. The fourth-order valence-corrected chi connectivity index (χ4v) is 2.20. The van der Waals surface area contributed by atoms with Gasteiger partial charge < -0.3 is 4.98 Å². The van der Waals surface area contributed by atoms with Crippen molar-refractivity contribution in [2.75, 3.05) is 0 Å².